The molecule has 0 aromatic heterocycles. The first-order valence-electron chi connectivity index (χ1n) is 9.60. The Morgan fingerprint density at radius 3 is 2.19 bits per heavy atom. The molecule has 0 aliphatic heterocycles. The number of halogens is 1. The molecule has 0 fully saturated rings. The molecule has 0 radical (unpaired) electrons. The predicted molar refractivity (Wildman–Crippen MR) is 124 cm³/mol. The fourth-order valence-corrected chi connectivity index (χ4v) is 3.52. The number of phenolic OH excluding ortho intramolecular Hbond substituents is 1. The molecule has 8 heteroatoms. The first kappa shape index (κ1) is 22.5. The van der Waals surface area contributed by atoms with Crippen molar-refractivity contribution in [3.8, 4) is 24.0 Å². The fraction of sp³-hybridized carbons (Fsp3) is 0.125. The van der Waals surface area contributed by atoms with Gasteiger partial charge in [0.1, 0.15) is 29.3 Å². The minimum absolute atomic E-state index is 0.101. The van der Waals surface area contributed by atoms with Crippen LogP contribution < -0.4 is 4.90 Å². The lowest BCUT2D eigenvalue weighted by Gasteiger charge is -2.24. The molecule has 3 aromatic carbocycles. The van der Waals surface area contributed by atoms with E-state index in [-0.39, 0.29) is 28.3 Å². The largest absolute Gasteiger partial charge is 0.506 e. The van der Waals surface area contributed by atoms with E-state index >= 15 is 0 Å². The van der Waals surface area contributed by atoms with Crippen molar-refractivity contribution < 1.29 is 5.11 Å². The Balaban J connectivity index is 1.90. The van der Waals surface area contributed by atoms with E-state index in [1.54, 1.807) is 30.3 Å². The van der Waals surface area contributed by atoms with E-state index in [2.05, 4.69) is 32.2 Å². The molecule has 7 nitrogen and oxygen atoms in total. The van der Waals surface area contributed by atoms with Crippen molar-refractivity contribution in [1.82, 2.24) is 0 Å². The third-order valence-corrected chi connectivity index (χ3v) is 5.07. The molecule has 0 aliphatic rings. The highest BCUT2D eigenvalue weighted by Gasteiger charge is 2.12. The van der Waals surface area contributed by atoms with Gasteiger partial charge in [-0.25, -0.2) is 0 Å². The minimum Gasteiger partial charge on any atom is -0.506 e. The van der Waals surface area contributed by atoms with Gasteiger partial charge in [-0.15, -0.1) is 10.2 Å². The Morgan fingerprint density at radius 1 is 0.906 bits per heavy atom. The van der Waals surface area contributed by atoms with Crippen LogP contribution >= 0.6 is 15.9 Å². The first-order valence-corrected chi connectivity index (χ1v) is 10.4. The van der Waals surface area contributed by atoms with Gasteiger partial charge in [-0.2, -0.15) is 15.8 Å². The molecule has 0 unspecified atom stereocenters. The second kappa shape index (κ2) is 10.7. The van der Waals surface area contributed by atoms with Crippen LogP contribution in [0.15, 0.2) is 75.4 Å². The molecular formula is C24H17BrN6O. The maximum Gasteiger partial charge on any atom is 0.145 e. The number of hydrogen-bond acceptors (Lipinski definition) is 7. The van der Waals surface area contributed by atoms with Gasteiger partial charge in [0.2, 0.25) is 0 Å². The predicted octanol–water partition coefficient (Wildman–Crippen LogP) is 6.23. The Labute approximate surface area is 194 Å². The monoisotopic (exact) mass is 484 g/mol. The van der Waals surface area contributed by atoms with Gasteiger partial charge in [-0.3, -0.25) is 0 Å². The highest BCUT2D eigenvalue weighted by atomic mass is 79.9. The maximum absolute atomic E-state index is 10.5. The number of rotatable bonds is 7. The van der Waals surface area contributed by atoms with Crippen molar-refractivity contribution in [2.45, 2.75) is 13.0 Å². The van der Waals surface area contributed by atoms with Gasteiger partial charge < -0.3 is 10.0 Å². The molecule has 0 amide bonds. The molecule has 0 spiro atoms. The Bertz CT molecular complexity index is 1230. The topological polar surface area (TPSA) is 120 Å². The standard InChI is InChI=1S/C24H17BrN6O/c25-20-11-18(14-27)24(19(12-20)15-28)30-29-22-8-7-21(13-23(22)32)31(10-4-9-26)16-17-5-2-1-3-6-17/h1-3,5-8,11-13,32H,4,10,16H2. The van der Waals surface area contributed by atoms with Gasteiger partial charge in [-0.1, -0.05) is 46.3 Å². The molecule has 0 bridgehead atoms. The molecular weight excluding hydrogens is 468 g/mol. The van der Waals surface area contributed by atoms with E-state index < -0.39 is 0 Å². The SMILES string of the molecule is N#CCCN(Cc1ccccc1)c1ccc(N=Nc2c(C#N)cc(Br)cc2C#N)c(O)c1. The lowest BCUT2D eigenvalue weighted by Crippen LogP contribution is -2.23. The molecule has 32 heavy (non-hydrogen) atoms. The molecule has 3 rings (SSSR count). The van der Waals surface area contributed by atoms with Crippen LogP contribution in [0.1, 0.15) is 23.1 Å². The number of anilines is 1. The number of aromatic hydroxyl groups is 1. The number of nitriles is 3. The van der Waals surface area contributed by atoms with Crippen molar-refractivity contribution in [2.75, 3.05) is 11.4 Å². The van der Waals surface area contributed by atoms with Crippen LogP contribution in [0.3, 0.4) is 0 Å². The summed E-state index contributed by atoms with van der Waals surface area (Å²) in [6, 6.07) is 24.0. The number of azo groups is 1. The van der Waals surface area contributed by atoms with Crippen LogP contribution in [0.4, 0.5) is 17.1 Å². The zero-order chi connectivity index (χ0) is 22.9. The van der Waals surface area contributed by atoms with Crippen molar-refractivity contribution in [1.29, 1.82) is 15.8 Å². The maximum atomic E-state index is 10.5. The summed E-state index contributed by atoms with van der Waals surface area (Å²) in [7, 11) is 0. The minimum atomic E-state index is -0.101. The van der Waals surface area contributed by atoms with E-state index in [1.807, 2.05) is 47.4 Å². The van der Waals surface area contributed by atoms with Crippen LogP contribution in [0, 0.1) is 34.0 Å². The number of phenols is 1. The second-order valence-corrected chi connectivity index (χ2v) is 7.68. The van der Waals surface area contributed by atoms with Crippen molar-refractivity contribution in [3.63, 3.8) is 0 Å². The quantitative estimate of drug-likeness (QED) is 0.398. The Hall–Kier alpha value is -4.19. The molecule has 0 aliphatic carbocycles. The molecule has 1 N–H and O–H groups in total. The summed E-state index contributed by atoms with van der Waals surface area (Å²) in [6.07, 6.45) is 0.340. The van der Waals surface area contributed by atoms with Gasteiger partial charge >= 0.3 is 0 Å². The lowest BCUT2D eigenvalue weighted by atomic mass is 10.1. The van der Waals surface area contributed by atoms with E-state index in [1.165, 1.54) is 0 Å². The number of nitrogens with zero attached hydrogens (tertiary/aromatic N) is 6. The molecule has 0 saturated heterocycles. The van der Waals surface area contributed by atoms with E-state index in [0.717, 1.165) is 11.3 Å². The summed E-state index contributed by atoms with van der Waals surface area (Å²) in [5.41, 5.74) is 2.55. The summed E-state index contributed by atoms with van der Waals surface area (Å²) in [6.45, 7) is 1.08. The van der Waals surface area contributed by atoms with Gasteiger partial charge in [0.05, 0.1) is 23.6 Å². The summed E-state index contributed by atoms with van der Waals surface area (Å²) in [4.78, 5) is 2.00. The average molecular weight is 485 g/mol. The smallest absolute Gasteiger partial charge is 0.145 e. The highest BCUT2D eigenvalue weighted by Crippen LogP contribution is 2.35. The van der Waals surface area contributed by atoms with Gasteiger partial charge in [0.15, 0.2) is 0 Å². The number of hydrogen-bond donors (Lipinski definition) is 1. The number of benzene rings is 3. The summed E-state index contributed by atoms with van der Waals surface area (Å²) in [5.74, 6) is -0.101. The normalized spacial score (nSPS) is 10.3. The van der Waals surface area contributed by atoms with Crippen LogP contribution in [0.2, 0.25) is 0 Å². The fourth-order valence-electron chi connectivity index (χ4n) is 3.06. The van der Waals surface area contributed by atoms with Crippen LogP contribution in [0.25, 0.3) is 0 Å². The Morgan fingerprint density at radius 2 is 1.59 bits per heavy atom. The van der Waals surface area contributed by atoms with E-state index in [9.17, 15) is 15.6 Å². The molecule has 0 saturated carbocycles. The van der Waals surface area contributed by atoms with Crippen LogP contribution in [0.5, 0.6) is 5.75 Å². The van der Waals surface area contributed by atoms with Crippen molar-refractivity contribution in [3.05, 3.63) is 81.8 Å². The van der Waals surface area contributed by atoms with Crippen molar-refractivity contribution in [2.24, 2.45) is 10.2 Å². The third kappa shape index (κ3) is 5.49. The molecule has 156 valence electrons. The second-order valence-electron chi connectivity index (χ2n) is 6.76. The van der Waals surface area contributed by atoms with Crippen molar-refractivity contribution >= 4 is 33.0 Å². The molecule has 0 atom stereocenters. The summed E-state index contributed by atoms with van der Waals surface area (Å²) < 4.78 is 0.590. The third-order valence-electron chi connectivity index (χ3n) is 4.61. The lowest BCUT2D eigenvalue weighted by molar-refractivity contribution is 0.476. The van der Waals surface area contributed by atoms with Gasteiger partial charge in [0, 0.05) is 29.3 Å². The summed E-state index contributed by atoms with van der Waals surface area (Å²) >= 11 is 3.26. The van der Waals surface area contributed by atoms with Gasteiger partial charge in [0.25, 0.3) is 0 Å². The molecule has 3 aromatic rings. The van der Waals surface area contributed by atoms with E-state index in [0.29, 0.717) is 24.0 Å². The molecule has 0 heterocycles. The highest BCUT2D eigenvalue weighted by molar-refractivity contribution is 9.10. The van der Waals surface area contributed by atoms with Crippen LogP contribution in [-0.2, 0) is 6.54 Å². The van der Waals surface area contributed by atoms with Gasteiger partial charge in [-0.05, 0) is 29.8 Å². The zero-order valence-corrected chi connectivity index (χ0v) is 18.5. The average Bonchev–Trinajstić information content (AvgIpc) is 2.81. The Kier molecular flexibility index (Phi) is 7.54. The zero-order valence-electron chi connectivity index (χ0n) is 16.9. The van der Waals surface area contributed by atoms with Crippen LogP contribution in [-0.4, -0.2) is 11.7 Å². The first-order chi connectivity index (χ1) is 15.5. The summed E-state index contributed by atoms with van der Waals surface area (Å²) in [5, 5.41) is 46.3. The van der Waals surface area contributed by atoms with E-state index in [4.69, 9.17) is 5.26 Å².